The second-order valence-corrected chi connectivity index (χ2v) is 6.19. The first-order valence-corrected chi connectivity index (χ1v) is 9.14. The molecule has 0 aliphatic heterocycles. The van der Waals surface area contributed by atoms with E-state index in [0.29, 0.717) is 31.8 Å². The quantitative estimate of drug-likeness (QED) is 0.338. The van der Waals surface area contributed by atoms with Gasteiger partial charge in [0.2, 0.25) is 5.91 Å². The van der Waals surface area contributed by atoms with E-state index in [1.807, 2.05) is 0 Å². The van der Waals surface area contributed by atoms with E-state index in [0.717, 1.165) is 19.3 Å². The van der Waals surface area contributed by atoms with Gasteiger partial charge in [-0.25, -0.2) is 4.79 Å². The van der Waals surface area contributed by atoms with Crippen LogP contribution in [0.3, 0.4) is 0 Å². The fourth-order valence-electron chi connectivity index (χ4n) is 2.91. The van der Waals surface area contributed by atoms with Crippen LogP contribution in [-0.4, -0.2) is 49.8 Å². The highest BCUT2D eigenvalue weighted by atomic mass is 16.5. The Morgan fingerprint density at radius 2 is 2.12 bits per heavy atom. The summed E-state index contributed by atoms with van der Waals surface area (Å²) >= 11 is 0. The summed E-state index contributed by atoms with van der Waals surface area (Å²) in [5, 5.41) is 6.29. The third-order valence-corrected chi connectivity index (χ3v) is 4.08. The molecule has 0 aromatic heterocycles. The molecule has 1 aliphatic rings. The first-order chi connectivity index (χ1) is 12.0. The molecule has 2 N–H and O–H groups in total. The van der Waals surface area contributed by atoms with Crippen LogP contribution in [0.15, 0.2) is 24.3 Å². The standard InChI is InChI=1S/C19H32N2O4/c1-5-8-9-11-25-17-13-15(19(23)24-7-3)12-16(20-10-6-2)18(17)21-14(4)22/h6,13,16-18,20H,2,5,7-12H2,1,3-4H3,(H,21,22)/t16-,17+,18+/m0/s1. The fourth-order valence-corrected chi connectivity index (χ4v) is 2.91. The molecule has 3 atom stereocenters. The zero-order valence-electron chi connectivity index (χ0n) is 15.7. The Kier molecular flexibility index (Phi) is 10.1. The summed E-state index contributed by atoms with van der Waals surface area (Å²) in [4.78, 5) is 23.8. The SMILES string of the molecule is C=CCN[C@H]1CC(C(=O)OCC)=C[C@@H](OCCCCC)[C@@H]1NC(C)=O. The summed E-state index contributed by atoms with van der Waals surface area (Å²) in [5.74, 6) is -0.443. The molecule has 0 aromatic rings. The van der Waals surface area contributed by atoms with Gasteiger partial charge in [-0.15, -0.1) is 6.58 Å². The minimum absolute atomic E-state index is 0.120. The molecule has 1 aliphatic carbocycles. The molecule has 0 unspecified atom stereocenters. The Hall–Kier alpha value is -1.66. The zero-order valence-corrected chi connectivity index (χ0v) is 15.7. The summed E-state index contributed by atoms with van der Waals surface area (Å²) in [6, 6.07) is -0.361. The maximum absolute atomic E-state index is 12.2. The Morgan fingerprint density at radius 3 is 2.72 bits per heavy atom. The van der Waals surface area contributed by atoms with Crippen molar-refractivity contribution >= 4 is 11.9 Å². The molecule has 0 fully saturated rings. The Bertz CT molecular complexity index is 476. The number of esters is 1. The summed E-state index contributed by atoms with van der Waals surface area (Å²) in [7, 11) is 0. The van der Waals surface area contributed by atoms with Crippen LogP contribution in [0.2, 0.25) is 0 Å². The van der Waals surface area contributed by atoms with Gasteiger partial charge < -0.3 is 20.1 Å². The highest BCUT2D eigenvalue weighted by molar-refractivity contribution is 5.89. The van der Waals surface area contributed by atoms with Gasteiger partial charge in [0, 0.05) is 31.7 Å². The third-order valence-electron chi connectivity index (χ3n) is 4.08. The Balaban J connectivity index is 2.96. The average molecular weight is 352 g/mol. The number of hydrogen-bond donors (Lipinski definition) is 2. The Morgan fingerprint density at radius 1 is 1.36 bits per heavy atom. The van der Waals surface area contributed by atoms with E-state index in [-0.39, 0.29) is 30.1 Å². The molecule has 0 bridgehead atoms. The van der Waals surface area contributed by atoms with Gasteiger partial charge in [-0.05, 0) is 25.8 Å². The van der Waals surface area contributed by atoms with Crippen LogP contribution in [0, 0.1) is 0 Å². The smallest absolute Gasteiger partial charge is 0.333 e. The van der Waals surface area contributed by atoms with Crippen LogP contribution in [-0.2, 0) is 19.1 Å². The van der Waals surface area contributed by atoms with E-state index in [9.17, 15) is 9.59 Å². The molecule has 0 aromatic carbocycles. The largest absolute Gasteiger partial charge is 0.463 e. The van der Waals surface area contributed by atoms with Crippen molar-refractivity contribution in [3.63, 3.8) is 0 Å². The van der Waals surface area contributed by atoms with Gasteiger partial charge in [0.15, 0.2) is 0 Å². The lowest BCUT2D eigenvalue weighted by Gasteiger charge is -2.37. The van der Waals surface area contributed by atoms with Crippen molar-refractivity contribution in [1.29, 1.82) is 0 Å². The van der Waals surface area contributed by atoms with E-state index >= 15 is 0 Å². The Labute approximate surface area is 151 Å². The van der Waals surface area contributed by atoms with Gasteiger partial charge >= 0.3 is 5.97 Å². The van der Waals surface area contributed by atoms with E-state index < -0.39 is 0 Å². The second kappa shape index (κ2) is 11.8. The highest BCUT2D eigenvalue weighted by Gasteiger charge is 2.36. The zero-order chi connectivity index (χ0) is 18.7. The van der Waals surface area contributed by atoms with E-state index in [2.05, 4.69) is 24.1 Å². The van der Waals surface area contributed by atoms with Crippen LogP contribution >= 0.6 is 0 Å². The monoisotopic (exact) mass is 352 g/mol. The van der Waals surface area contributed by atoms with Crippen LogP contribution in [0.1, 0.15) is 46.5 Å². The van der Waals surface area contributed by atoms with Crippen LogP contribution in [0.25, 0.3) is 0 Å². The molecule has 25 heavy (non-hydrogen) atoms. The van der Waals surface area contributed by atoms with E-state index in [1.54, 1.807) is 19.1 Å². The molecule has 6 heteroatoms. The highest BCUT2D eigenvalue weighted by Crippen LogP contribution is 2.23. The van der Waals surface area contributed by atoms with Crippen molar-refractivity contribution in [3.05, 3.63) is 24.3 Å². The van der Waals surface area contributed by atoms with Crippen molar-refractivity contribution in [2.45, 2.75) is 64.6 Å². The molecule has 1 rings (SSSR count). The molecule has 0 radical (unpaired) electrons. The first-order valence-electron chi connectivity index (χ1n) is 9.14. The van der Waals surface area contributed by atoms with Crippen molar-refractivity contribution in [1.82, 2.24) is 10.6 Å². The molecule has 0 saturated carbocycles. The van der Waals surface area contributed by atoms with Crippen LogP contribution < -0.4 is 10.6 Å². The molecule has 0 spiro atoms. The van der Waals surface area contributed by atoms with E-state index in [4.69, 9.17) is 9.47 Å². The lowest BCUT2D eigenvalue weighted by atomic mass is 9.87. The van der Waals surface area contributed by atoms with Gasteiger partial charge in [0.05, 0.1) is 18.8 Å². The molecule has 6 nitrogen and oxygen atoms in total. The molecule has 1 amide bonds. The number of ether oxygens (including phenoxy) is 2. The molecular formula is C19H32N2O4. The predicted octanol–water partition coefficient (Wildman–Crippen LogP) is 2.10. The minimum Gasteiger partial charge on any atom is -0.463 e. The number of carbonyl (C=O) groups excluding carboxylic acids is 2. The normalized spacial score (nSPS) is 22.8. The number of unbranched alkanes of at least 4 members (excludes halogenated alkanes) is 2. The second-order valence-electron chi connectivity index (χ2n) is 6.19. The summed E-state index contributed by atoms with van der Waals surface area (Å²) in [6.07, 6.45) is 6.82. The number of carbonyl (C=O) groups is 2. The summed E-state index contributed by atoms with van der Waals surface area (Å²) in [5.41, 5.74) is 0.588. The maximum Gasteiger partial charge on any atom is 0.333 e. The van der Waals surface area contributed by atoms with Gasteiger partial charge in [0.1, 0.15) is 0 Å². The van der Waals surface area contributed by atoms with Crippen LogP contribution in [0.5, 0.6) is 0 Å². The number of amides is 1. The van der Waals surface area contributed by atoms with Crippen molar-refractivity contribution in [2.24, 2.45) is 0 Å². The summed E-state index contributed by atoms with van der Waals surface area (Å²) < 4.78 is 11.1. The van der Waals surface area contributed by atoms with Crippen LogP contribution in [0.4, 0.5) is 0 Å². The van der Waals surface area contributed by atoms with E-state index in [1.165, 1.54) is 6.92 Å². The maximum atomic E-state index is 12.2. The number of rotatable bonds is 11. The van der Waals surface area contributed by atoms with Crippen molar-refractivity contribution in [3.8, 4) is 0 Å². The fraction of sp³-hybridized carbons (Fsp3) is 0.684. The van der Waals surface area contributed by atoms with Gasteiger partial charge in [0.25, 0.3) is 0 Å². The van der Waals surface area contributed by atoms with Gasteiger partial charge in [-0.2, -0.15) is 0 Å². The van der Waals surface area contributed by atoms with Gasteiger partial charge in [-0.1, -0.05) is 25.8 Å². The molecule has 142 valence electrons. The molecule has 0 heterocycles. The lowest BCUT2D eigenvalue weighted by Crippen LogP contribution is -2.58. The topological polar surface area (TPSA) is 76.7 Å². The van der Waals surface area contributed by atoms with Crippen molar-refractivity contribution < 1.29 is 19.1 Å². The minimum atomic E-state index is -0.365. The van der Waals surface area contributed by atoms with Gasteiger partial charge in [-0.3, -0.25) is 4.79 Å². The molecular weight excluding hydrogens is 320 g/mol. The first kappa shape index (κ1) is 21.4. The number of nitrogens with one attached hydrogen (secondary N) is 2. The average Bonchev–Trinajstić information content (AvgIpc) is 2.58. The predicted molar refractivity (Wildman–Crippen MR) is 98.2 cm³/mol. The number of hydrogen-bond acceptors (Lipinski definition) is 5. The third kappa shape index (κ3) is 7.40. The summed E-state index contributed by atoms with van der Waals surface area (Å²) in [6.45, 7) is 10.6. The lowest BCUT2D eigenvalue weighted by molar-refractivity contribution is -0.139. The van der Waals surface area contributed by atoms with Crippen molar-refractivity contribution in [2.75, 3.05) is 19.8 Å². The molecule has 0 saturated heterocycles.